The van der Waals surface area contributed by atoms with Crippen molar-refractivity contribution in [3.63, 3.8) is 0 Å². The van der Waals surface area contributed by atoms with Crippen LogP contribution < -0.4 is 21.1 Å². The van der Waals surface area contributed by atoms with E-state index in [-0.39, 0.29) is 17.9 Å². The van der Waals surface area contributed by atoms with Gasteiger partial charge in [0.2, 0.25) is 16.0 Å². The van der Waals surface area contributed by atoms with E-state index in [0.717, 1.165) is 5.56 Å². The third-order valence-electron chi connectivity index (χ3n) is 4.63. The molecule has 0 saturated carbocycles. The van der Waals surface area contributed by atoms with Crippen LogP contribution in [0.4, 0.5) is 24.9 Å². The fourth-order valence-electron chi connectivity index (χ4n) is 2.74. The first-order valence-corrected chi connectivity index (χ1v) is 12.5. The van der Waals surface area contributed by atoms with Crippen LogP contribution in [-0.2, 0) is 30.9 Å². The van der Waals surface area contributed by atoms with Crippen LogP contribution >= 0.6 is 0 Å². The number of nitrogen functional groups attached to an aromatic ring is 1. The fraction of sp³-hybridized carbons (Fsp3) is 0.381. The van der Waals surface area contributed by atoms with E-state index in [1.165, 1.54) is 18.3 Å². The molecule has 1 heterocycles. The number of carbonyl (C=O) groups excluding carboxylic acids is 3. The number of carbonyl (C=O) groups is 3. The van der Waals surface area contributed by atoms with Crippen LogP contribution in [0.25, 0.3) is 0 Å². The summed E-state index contributed by atoms with van der Waals surface area (Å²) in [5.74, 6) is -5.22. The predicted molar refractivity (Wildman–Crippen MR) is 125 cm³/mol. The van der Waals surface area contributed by atoms with Crippen molar-refractivity contribution in [2.75, 3.05) is 23.3 Å². The molecule has 0 fully saturated rings. The molecule has 2 aromatic rings. The molecule has 1 amide bonds. The molecule has 0 spiro atoms. The minimum Gasteiger partial charge on any atom is -0.385 e. The number of nitrogens with zero attached hydrogens (tertiary/aromatic N) is 2. The summed E-state index contributed by atoms with van der Waals surface area (Å²) in [6, 6.07) is 5.72. The highest BCUT2D eigenvalue weighted by atomic mass is 32.2. The Balaban J connectivity index is 2.03. The van der Waals surface area contributed by atoms with Gasteiger partial charge in [-0.25, -0.2) is 23.0 Å². The quantitative estimate of drug-likeness (QED) is 0.222. The minimum absolute atomic E-state index is 0.0923. The van der Waals surface area contributed by atoms with Gasteiger partial charge in [0.1, 0.15) is 11.9 Å². The summed E-state index contributed by atoms with van der Waals surface area (Å²) in [6.45, 7) is 1.27. The average molecular weight is 547 g/mol. The molecule has 202 valence electrons. The molecule has 1 atom stereocenters. The number of unbranched alkanes of at least 4 members (excludes halogenated alkanes) is 1. The Labute approximate surface area is 210 Å². The van der Waals surface area contributed by atoms with E-state index < -0.39 is 52.4 Å². The van der Waals surface area contributed by atoms with Gasteiger partial charge in [0.15, 0.2) is 0 Å². The molecule has 0 radical (unpaired) electrons. The highest BCUT2D eigenvalue weighted by Gasteiger charge is 2.43. The number of alkyl halides is 3. The molecule has 0 unspecified atom stereocenters. The number of anilines is 2. The minimum atomic E-state index is -5.47. The highest BCUT2D eigenvalue weighted by molar-refractivity contribution is 7.89. The summed E-state index contributed by atoms with van der Waals surface area (Å²) < 4.78 is 67.3. The first kappa shape index (κ1) is 29.4. The number of aromatic nitrogens is 2. The number of hydrogen-bond donors (Lipinski definition) is 4. The average Bonchev–Trinajstić information content (AvgIpc) is 2.83. The number of sulfonamides is 1. The maximum absolute atomic E-state index is 12.5. The van der Waals surface area contributed by atoms with Crippen molar-refractivity contribution in [3.8, 4) is 0 Å². The molecule has 0 bridgehead atoms. The van der Waals surface area contributed by atoms with Crippen LogP contribution in [0.2, 0.25) is 0 Å². The number of esters is 2. The zero-order chi connectivity index (χ0) is 27.6. The largest absolute Gasteiger partial charge is 0.491 e. The van der Waals surface area contributed by atoms with Crippen LogP contribution in [0.3, 0.4) is 0 Å². The van der Waals surface area contributed by atoms with Gasteiger partial charge in [-0.15, -0.1) is 0 Å². The van der Waals surface area contributed by atoms with Gasteiger partial charge in [0.05, 0.1) is 5.75 Å². The molecule has 12 nitrogen and oxygen atoms in total. The lowest BCUT2D eigenvalue weighted by atomic mass is 10.1. The molecular formula is C21H25F3N6O6S. The number of hydrogen-bond acceptors (Lipinski definition) is 10. The van der Waals surface area contributed by atoms with E-state index in [1.54, 1.807) is 25.1 Å². The Morgan fingerprint density at radius 3 is 2.41 bits per heavy atom. The van der Waals surface area contributed by atoms with Crippen LogP contribution in [0.15, 0.2) is 36.5 Å². The fourth-order valence-corrected chi connectivity index (χ4v) is 4.14. The lowest BCUT2D eigenvalue weighted by Crippen LogP contribution is -2.50. The summed E-state index contributed by atoms with van der Waals surface area (Å²) in [5, 5.41) is 5.26. The van der Waals surface area contributed by atoms with Gasteiger partial charge < -0.3 is 21.1 Å². The Bertz CT molecular complexity index is 1210. The van der Waals surface area contributed by atoms with Gasteiger partial charge in [0, 0.05) is 24.8 Å². The van der Waals surface area contributed by atoms with Gasteiger partial charge in [-0.1, -0.05) is 25.5 Å². The van der Waals surface area contributed by atoms with Gasteiger partial charge >= 0.3 is 18.1 Å². The Morgan fingerprint density at radius 1 is 1.14 bits per heavy atom. The van der Waals surface area contributed by atoms with E-state index in [2.05, 4.69) is 25.3 Å². The van der Waals surface area contributed by atoms with Gasteiger partial charge in [-0.2, -0.15) is 22.9 Å². The Hall–Kier alpha value is -3.79. The van der Waals surface area contributed by atoms with Crippen LogP contribution in [0, 0.1) is 0 Å². The molecule has 2 rings (SSSR count). The smallest absolute Gasteiger partial charge is 0.385 e. The van der Waals surface area contributed by atoms with Crippen LogP contribution in [0.5, 0.6) is 0 Å². The van der Waals surface area contributed by atoms with Crippen molar-refractivity contribution in [1.82, 2.24) is 20.0 Å². The molecule has 16 heteroatoms. The Morgan fingerprint density at radius 2 is 1.81 bits per heavy atom. The molecule has 5 N–H and O–H groups in total. The van der Waals surface area contributed by atoms with E-state index in [9.17, 15) is 36.0 Å². The SMILES string of the molecule is CCCCS(=O)(=O)N[C@@H](CNC(=O)c1ccc(CNc2ccnc(N)n2)cc1)C(=O)OC(=O)C(F)(F)F. The second-order valence-electron chi connectivity index (χ2n) is 7.61. The molecule has 0 saturated heterocycles. The van der Waals surface area contributed by atoms with E-state index >= 15 is 0 Å². The number of benzene rings is 1. The molecule has 0 aliphatic rings. The maximum Gasteiger partial charge on any atom is 0.491 e. The molecule has 0 aliphatic carbocycles. The molecule has 0 aliphatic heterocycles. The Kier molecular flexibility index (Phi) is 10.3. The van der Waals surface area contributed by atoms with Crippen molar-refractivity contribution in [2.24, 2.45) is 0 Å². The number of amides is 1. The molecule has 1 aromatic carbocycles. The first-order valence-electron chi connectivity index (χ1n) is 10.8. The second kappa shape index (κ2) is 13.0. The normalized spacial score (nSPS) is 12.4. The maximum atomic E-state index is 12.5. The molecule has 1 aromatic heterocycles. The highest BCUT2D eigenvalue weighted by Crippen LogP contribution is 2.17. The van der Waals surface area contributed by atoms with Crippen LogP contribution in [0.1, 0.15) is 35.7 Å². The number of halogens is 3. The summed E-state index contributed by atoms with van der Waals surface area (Å²) in [4.78, 5) is 43.4. The zero-order valence-electron chi connectivity index (χ0n) is 19.5. The van der Waals surface area contributed by atoms with Gasteiger partial charge in [0.25, 0.3) is 5.91 Å². The van der Waals surface area contributed by atoms with Crippen molar-refractivity contribution >= 4 is 39.6 Å². The predicted octanol–water partition coefficient (Wildman–Crippen LogP) is 1.12. The van der Waals surface area contributed by atoms with Crippen molar-refractivity contribution in [3.05, 3.63) is 47.7 Å². The summed E-state index contributed by atoms with van der Waals surface area (Å²) in [7, 11) is -4.13. The number of ether oxygens (including phenoxy) is 1. The monoisotopic (exact) mass is 546 g/mol. The lowest BCUT2D eigenvalue weighted by Gasteiger charge is -2.18. The van der Waals surface area contributed by atoms with Crippen LogP contribution in [-0.4, -0.2) is 60.7 Å². The number of nitrogens with one attached hydrogen (secondary N) is 3. The summed E-state index contributed by atoms with van der Waals surface area (Å²) in [6.07, 6.45) is -3.31. The van der Waals surface area contributed by atoms with Crippen molar-refractivity contribution < 1.29 is 40.7 Å². The molecular weight excluding hydrogens is 521 g/mol. The third kappa shape index (κ3) is 10.0. The lowest BCUT2D eigenvalue weighted by molar-refractivity contribution is -0.202. The van der Waals surface area contributed by atoms with Gasteiger partial charge in [-0.05, 0) is 30.2 Å². The first-order chi connectivity index (χ1) is 17.3. The van der Waals surface area contributed by atoms with Crippen molar-refractivity contribution in [2.45, 2.75) is 38.5 Å². The van der Waals surface area contributed by atoms with Crippen molar-refractivity contribution in [1.29, 1.82) is 0 Å². The van der Waals surface area contributed by atoms with E-state index in [1.807, 2.05) is 4.72 Å². The summed E-state index contributed by atoms with van der Waals surface area (Å²) >= 11 is 0. The standard InChI is InChI=1S/C21H25F3N6O6S/c1-2-3-10-37(34,35)30-15(18(32)36-19(33)21(22,23)24)12-28-17(31)14-6-4-13(5-7-14)11-27-16-8-9-26-20(25)29-16/h4-9,15,30H,2-3,10-12H2,1H3,(H,28,31)(H3,25,26,27,29)/t15-/m0/s1. The number of nitrogens with two attached hydrogens (primary N) is 1. The molecule has 37 heavy (non-hydrogen) atoms. The number of rotatable bonds is 12. The third-order valence-corrected chi connectivity index (χ3v) is 6.10. The topological polar surface area (TPSA) is 182 Å². The van der Waals surface area contributed by atoms with E-state index in [4.69, 9.17) is 5.73 Å². The van der Waals surface area contributed by atoms with Gasteiger partial charge in [-0.3, -0.25) is 4.79 Å². The second-order valence-corrected chi connectivity index (χ2v) is 9.48. The summed E-state index contributed by atoms with van der Waals surface area (Å²) in [5.41, 5.74) is 6.37. The zero-order valence-corrected chi connectivity index (χ0v) is 20.4. The van der Waals surface area contributed by atoms with E-state index in [0.29, 0.717) is 18.8 Å².